The fourth-order valence-corrected chi connectivity index (χ4v) is 1.91. The smallest absolute Gasteiger partial charge is 0.200 e. The summed E-state index contributed by atoms with van der Waals surface area (Å²) in [5, 5.41) is 3.45. The predicted octanol–water partition coefficient (Wildman–Crippen LogP) is 3.90. The van der Waals surface area contributed by atoms with Crippen molar-refractivity contribution in [2.24, 2.45) is 0 Å². The van der Waals surface area contributed by atoms with Crippen LogP contribution >= 0.6 is 0 Å². The lowest BCUT2D eigenvalue weighted by molar-refractivity contribution is 0.277. The number of benzene rings is 1. The monoisotopic (exact) mass is 271 g/mol. The Kier molecular flexibility index (Phi) is 7.41. The lowest BCUT2D eigenvalue weighted by atomic mass is 10.1. The zero-order valence-corrected chi connectivity index (χ0v) is 11.7. The van der Waals surface area contributed by atoms with Crippen LogP contribution in [0.25, 0.3) is 0 Å². The van der Waals surface area contributed by atoms with Gasteiger partial charge in [0.2, 0.25) is 5.82 Å². The first-order valence-electron chi connectivity index (χ1n) is 6.99. The summed E-state index contributed by atoms with van der Waals surface area (Å²) in [6.07, 6.45) is 3.98. The van der Waals surface area contributed by atoms with Crippen molar-refractivity contribution >= 4 is 0 Å². The number of ether oxygens (including phenoxy) is 1. The molecule has 1 N–H and O–H groups in total. The molecule has 0 saturated carbocycles. The first-order valence-corrected chi connectivity index (χ1v) is 6.99. The van der Waals surface area contributed by atoms with Gasteiger partial charge in [-0.3, -0.25) is 0 Å². The van der Waals surface area contributed by atoms with Crippen LogP contribution in [-0.4, -0.2) is 19.2 Å². The maximum Gasteiger partial charge on any atom is 0.200 e. The SMILES string of the molecule is CCCNC(CC)CCCOc1cccc(F)c1F. The van der Waals surface area contributed by atoms with Crippen molar-refractivity contribution in [3.63, 3.8) is 0 Å². The summed E-state index contributed by atoms with van der Waals surface area (Å²) in [6.45, 7) is 5.69. The Balaban J connectivity index is 2.28. The summed E-state index contributed by atoms with van der Waals surface area (Å²) >= 11 is 0. The molecule has 0 amide bonds. The van der Waals surface area contributed by atoms with Crippen molar-refractivity contribution in [3.05, 3.63) is 29.8 Å². The van der Waals surface area contributed by atoms with Gasteiger partial charge in [0.05, 0.1) is 6.61 Å². The summed E-state index contributed by atoms with van der Waals surface area (Å²) in [7, 11) is 0. The van der Waals surface area contributed by atoms with Crippen LogP contribution < -0.4 is 10.1 Å². The second-order valence-corrected chi connectivity index (χ2v) is 4.60. The average Bonchev–Trinajstić information content (AvgIpc) is 2.42. The van der Waals surface area contributed by atoms with Crippen molar-refractivity contribution in [2.45, 2.75) is 45.6 Å². The molecule has 0 spiro atoms. The van der Waals surface area contributed by atoms with Gasteiger partial charge in [0.25, 0.3) is 0 Å². The third-order valence-electron chi connectivity index (χ3n) is 3.05. The van der Waals surface area contributed by atoms with E-state index in [1.807, 2.05) is 0 Å². The molecule has 108 valence electrons. The molecule has 1 aromatic rings. The molecular weight excluding hydrogens is 248 g/mol. The van der Waals surface area contributed by atoms with Crippen molar-refractivity contribution in [3.8, 4) is 5.75 Å². The Morgan fingerprint density at radius 2 is 2.05 bits per heavy atom. The maximum absolute atomic E-state index is 13.3. The summed E-state index contributed by atoms with van der Waals surface area (Å²) in [5.41, 5.74) is 0. The first-order chi connectivity index (χ1) is 9.19. The average molecular weight is 271 g/mol. The fraction of sp³-hybridized carbons (Fsp3) is 0.600. The minimum absolute atomic E-state index is 0.00503. The molecule has 0 aliphatic carbocycles. The highest BCUT2D eigenvalue weighted by atomic mass is 19.2. The third-order valence-corrected chi connectivity index (χ3v) is 3.05. The molecule has 0 heterocycles. The van der Waals surface area contributed by atoms with E-state index in [0.29, 0.717) is 12.6 Å². The Morgan fingerprint density at radius 1 is 1.26 bits per heavy atom. The van der Waals surface area contributed by atoms with E-state index in [1.165, 1.54) is 12.1 Å². The number of hydrogen-bond acceptors (Lipinski definition) is 2. The van der Waals surface area contributed by atoms with E-state index in [0.717, 1.165) is 38.3 Å². The largest absolute Gasteiger partial charge is 0.490 e. The highest BCUT2D eigenvalue weighted by Gasteiger charge is 2.09. The van der Waals surface area contributed by atoms with Crippen LogP contribution in [0, 0.1) is 11.6 Å². The van der Waals surface area contributed by atoms with Crippen LogP contribution in [0.4, 0.5) is 8.78 Å². The number of hydrogen-bond donors (Lipinski definition) is 1. The van der Waals surface area contributed by atoms with Gasteiger partial charge in [0.15, 0.2) is 11.6 Å². The Bertz CT molecular complexity index is 371. The van der Waals surface area contributed by atoms with E-state index in [9.17, 15) is 8.78 Å². The van der Waals surface area contributed by atoms with Crippen molar-refractivity contribution < 1.29 is 13.5 Å². The van der Waals surface area contributed by atoms with E-state index in [-0.39, 0.29) is 5.75 Å². The van der Waals surface area contributed by atoms with Gasteiger partial charge in [0, 0.05) is 6.04 Å². The molecule has 1 unspecified atom stereocenters. The molecule has 0 fully saturated rings. The number of halogens is 2. The van der Waals surface area contributed by atoms with E-state index < -0.39 is 11.6 Å². The molecule has 0 saturated heterocycles. The molecule has 19 heavy (non-hydrogen) atoms. The van der Waals surface area contributed by atoms with Gasteiger partial charge in [-0.2, -0.15) is 4.39 Å². The van der Waals surface area contributed by atoms with Crippen molar-refractivity contribution in [2.75, 3.05) is 13.2 Å². The quantitative estimate of drug-likeness (QED) is 0.688. The van der Waals surface area contributed by atoms with E-state index in [1.54, 1.807) is 0 Å². The van der Waals surface area contributed by atoms with E-state index in [4.69, 9.17) is 4.74 Å². The minimum atomic E-state index is -0.904. The Labute approximate surface area is 114 Å². The number of nitrogens with one attached hydrogen (secondary N) is 1. The lowest BCUT2D eigenvalue weighted by Gasteiger charge is -2.16. The van der Waals surface area contributed by atoms with Gasteiger partial charge in [0.1, 0.15) is 0 Å². The molecule has 4 heteroatoms. The molecule has 0 aliphatic heterocycles. The Morgan fingerprint density at radius 3 is 2.74 bits per heavy atom. The molecule has 0 radical (unpaired) electrons. The van der Waals surface area contributed by atoms with Gasteiger partial charge in [-0.1, -0.05) is 19.9 Å². The normalized spacial score (nSPS) is 12.4. The predicted molar refractivity (Wildman–Crippen MR) is 73.5 cm³/mol. The fourth-order valence-electron chi connectivity index (χ4n) is 1.91. The molecule has 0 bridgehead atoms. The molecule has 1 atom stereocenters. The van der Waals surface area contributed by atoms with Gasteiger partial charge in [-0.25, -0.2) is 4.39 Å². The summed E-state index contributed by atoms with van der Waals surface area (Å²) in [4.78, 5) is 0. The van der Waals surface area contributed by atoms with Crippen LogP contribution in [0.2, 0.25) is 0 Å². The van der Waals surface area contributed by atoms with Crippen LogP contribution in [0.3, 0.4) is 0 Å². The van der Waals surface area contributed by atoms with Gasteiger partial charge < -0.3 is 10.1 Å². The molecular formula is C15H23F2NO. The van der Waals surface area contributed by atoms with Gasteiger partial charge in [-0.15, -0.1) is 0 Å². The molecule has 1 aromatic carbocycles. The zero-order chi connectivity index (χ0) is 14.1. The summed E-state index contributed by atoms with van der Waals surface area (Å²) in [6, 6.07) is 4.46. The second kappa shape index (κ2) is 8.86. The Hall–Kier alpha value is -1.16. The van der Waals surface area contributed by atoms with Crippen LogP contribution in [-0.2, 0) is 0 Å². The van der Waals surface area contributed by atoms with Gasteiger partial charge in [-0.05, 0) is 44.4 Å². The maximum atomic E-state index is 13.3. The first kappa shape index (κ1) is 15.9. The molecule has 2 nitrogen and oxygen atoms in total. The summed E-state index contributed by atoms with van der Waals surface area (Å²) < 4.78 is 31.5. The molecule has 1 rings (SSSR count). The topological polar surface area (TPSA) is 21.3 Å². The van der Waals surface area contributed by atoms with Gasteiger partial charge >= 0.3 is 0 Å². The van der Waals surface area contributed by atoms with E-state index >= 15 is 0 Å². The van der Waals surface area contributed by atoms with Crippen molar-refractivity contribution in [1.82, 2.24) is 5.32 Å². The minimum Gasteiger partial charge on any atom is -0.490 e. The standard InChI is InChI=1S/C15H23F2NO/c1-3-10-18-12(4-2)7-6-11-19-14-9-5-8-13(16)15(14)17/h5,8-9,12,18H,3-4,6-7,10-11H2,1-2H3. The third kappa shape index (κ3) is 5.55. The number of rotatable bonds is 9. The van der Waals surface area contributed by atoms with Crippen LogP contribution in [0.5, 0.6) is 5.75 Å². The highest BCUT2D eigenvalue weighted by Crippen LogP contribution is 2.19. The van der Waals surface area contributed by atoms with Crippen LogP contribution in [0.15, 0.2) is 18.2 Å². The lowest BCUT2D eigenvalue weighted by Crippen LogP contribution is -2.29. The van der Waals surface area contributed by atoms with E-state index in [2.05, 4.69) is 19.2 Å². The highest BCUT2D eigenvalue weighted by molar-refractivity contribution is 5.24. The zero-order valence-electron chi connectivity index (χ0n) is 11.7. The molecule has 0 aliphatic rings. The second-order valence-electron chi connectivity index (χ2n) is 4.60. The van der Waals surface area contributed by atoms with Crippen LogP contribution in [0.1, 0.15) is 39.5 Å². The van der Waals surface area contributed by atoms with Crippen molar-refractivity contribution in [1.29, 1.82) is 0 Å². The molecule has 0 aromatic heterocycles. The summed E-state index contributed by atoms with van der Waals surface area (Å²) in [5.74, 6) is -1.78.